The van der Waals surface area contributed by atoms with Gasteiger partial charge in [-0.2, -0.15) is 4.72 Å². The Morgan fingerprint density at radius 3 is 2.42 bits per heavy atom. The van der Waals surface area contributed by atoms with E-state index in [1.807, 2.05) is 0 Å². The number of amides is 1. The van der Waals surface area contributed by atoms with Gasteiger partial charge in [-0.3, -0.25) is 4.79 Å². The van der Waals surface area contributed by atoms with Crippen molar-refractivity contribution in [3.05, 3.63) is 47.3 Å². The molecule has 2 N–H and O–H groups in total. The number of hydrogen-bond acceptors (Lipinski definition) is 4. The Hall–Kier alpha value is -1.84. The summed E-state index contributed by atoms with van der Waals surface area (Å²) in [4.78, 5) is 12.3. The van der Waals surface area contributed by atoms with E-state index in [9.17, 15) is 22.0 Å². The van der Waals surface area contributed by atoms with Crippen molar-refractivity contribution in [2.75, 3.05) is 5.32 Å². The van der Waals surface area contributed by atoms with Gasteiger partial charge >= 0.3 is 0 Å². The third kappa shape index (κ3) is 4.37. The van der Waals surface area contributed by atoms with Gasteiger partial charge in [-0.05, 0) is 29.5 Å². The van der Waals surface area contributed by atoms with Gasteiger partial charge in [-0.25, -0.2) is 17.2 Å². The van der Waals surface area contributed by atoms with Crippen LogP contribution in [-0.2, 0) is 14.8 Å². The van der Waals surface area contributed by atoms with Crippen molar-refractivity contribution in [3.8, 4) is 0 Å². The van der Waals surface area contributed by atoms with E-state index in [0.717, 1.165) is 23.5 Å². The van der Waals surface area contributed by atoms with Gasteiger partial charge in [0.2, 0.25) is 5.91 Å². The lowest BCUT2D eigenvalue weighted by Crippen LogP contribution is -2.46. The fourth-order valence-electron chi connectivity index (χ4n) is 1.93. The zero-order valence-electron chi connectivity index (χ0n) is 12.9. The molecule has 0 radical (unpaired) electrons. The average molecular weight is 374 g/mol. The van der Waals surface area contributed by atoms with Gasteiger partial charge in [-0.15, -0.1) is 11.3 Å². The minimum Gasteiger partial charge on any atom is -0.325 e. The lowest BCUT2D eigenvalue weighted by Gasteiger charge is -2.21. The molecule has 130 valence electrons. The summed E-state index contributed by atoms with van der Waals surface area (Å²) in [5.41, 5.74) is 0.0415. The summed E-state index contributed by atoms with van der Waals surface area (Å²) in [6, 6.07) is 4.86. The van der Waals surface area contributed by atoms with Gasteiger partial charge in [0, 0.05) is 11.8 Å². The van der Waals surface area contributed by atoms with Crippen LogP contribution in [0.25, 0.3) is 0 Å². The average Bonchev–Trinajstić information content (AvgIpc) is 3.03. The number of carbonyl (C=O) groups excluding carboxylic acids is 1. The van der Waals surface area contributed by atoms with Crippen LogP contribution in [0.3, 0.4) is 0 Å². The van der Waals surface area contributed by atoms with Gasteiger partial charge in [0.1, 0.15) is 10.3 Å². The zero-order valence-corrected chi connectivity index (χ0v) is 14.5. The summed E-state index contributed by atoms with van der Waals surface area (Å²) in [5.74, 6) is -3.15. The highest BCUT2D eigenvalue weighted by molar-refractivity contribution is 7.91. The van der Waals surface area contributed by atoms with Crippen molar-refractivity contribution in [2.24, 2.45) is 5.92 Å². The molecule has 1 amide bonds. The highest BCUT2D eigenvalue weighted by Crippen LogP contribution is 2.19. The second-order valence-electron chi connectivity index (χ2n) is 5.39. The summed E-state index contributed by atoms with van der Waals surface area (Å²) in [6.07, 6.45) is 0. The molecular formula is C15H16F2N2O3S2. The molecule has 0 aliphatic carbocycles. The first-order valence-electron chi connectivity index (χ1n) is 7.02. The van der Waals surface area contributed by atoms with E-state index in [2.05, 4.69) is 10.0 Å². The number of rotatable bonds is 6. The molecule has 0 saturated carbocycles. The quantitative estimate of drug-likeness (QED) is 0.816. The Morgan fingerprint density at radius 2 is 1.88 bits per heavy atom. The maximum absolute atomic E-state index is 13.2. The summed E-state index contributed by atoms with van der Waals surface area (Å²) < 4.78 is 53.1. The van der Waals surface area contributed by atoms with Crippen LogP contribution in [0.1, 0.15) is 13.8 Å². The number of anilines is 1. The number of sulfonamides is 1. The molecule has 0 fully saturated rings. The SMILES string of the molecule is CC(C)C(NS(=O)(=O)c1cccs1)C(=O)Nc1ccc(F)c(F)c1. The number of halogens is 2. The van der Waals surface area contributed by atoms with Gasteiger partial charge in [0.25, 0.3) is 10.0 Å². The number of thiophene rings is 1. The van der Waals surface area contributed by atoms with Crippen molar-refractivity contribution in [1.29, 1.82) is 0 Å². The molecule has 5 nitrogen and oxygen atoms in total. The lowest BCUT2D eigenvalue weighted by molar-refractivity contribution is -0.118. The number of hydrogen-bond donors (Lipinski definition) is 2. The third-order valence-electron chi connectivity index (χ3n) is 3.18. The molecule has 1 aromatic carbocycles. The van der Waals surface area contributed by atoms with E-state index in [1.165, 1.54) is 12.1 Å². The van der Waals surface area contributed by atoms with Crippen LogP contribution in [0.5, 0.6) is 0 Å². The monoisotopic (exact) mass is 374 g/mol. The maximum Gasteiger partial charge on any atom is 0.250 e. The first kappa shape index (κ1) is 18.5. The van der Waals surface area contributed by atoms with Crippen molar-refractivity contribution in [3.63, 3.8) is 0 Å². The van der Waals surface area contributed by atoms with Crippen molar-refractivity contribution in [2.45, 2.75) is 24.1 Å². The Morgan fingerprint density at radius 1 is 1.17 bits per heavy atom. The van der Waals surface area contributed by atoms with Gasteiger partial charge < -0.3 is 5.32 Å². The van der Waals surface area contributed by atoms with Crippen molar-refractivity contribution < 1.29 is 22.0 Å². The Labute approximate surface area is 142 Å². The molecule has 1 aromatic heterocycles. The van der Waals surface area contributed by atoms with Crippen LogP contribution >= 0.6 is 11.3 Å². The fraction of sp³-hybridized carbons (Fsp3) is 0.267. The summed E-state index contributed by atoms with van der Waals surface area (Å²) in [7, 11) is -3.84. The molecular weight excluding hydrogens is 358 g/mol. The molecule has 1 atom stereocenters. The third-order valence-corrected chi connectivity index (χ3v) is 6.02. The molecule has 9 heteroatoms. The van der Waals surface area contributed by atoms with Crippen LogP contribution in [0, 0.1) is 17.6 Å². The zero-order chi connectivity index (χ0) is 17.9. The van der Waals surface area contributed by atoms with E-state index in [4.69, 9.17) is 0 Å². The second-order valence-corrected chi connectivity index (χ2v) is 8.28. The summed E-state index contributed by atoms with van der Waals surface area (Å²) in [5, 5.41) is 4.00. The molecule has 0 spiro atoms. The van der Waals surface area contributed by atoms with Crippen molar-refractivity contribution in [1.82, 2.24) is 4.72 Å². The molecule has 2 rings (SSSR count). The number of benzene rings is 1. The van der Waals surface area contributed by atoms with E-state index in [0.29, 0.717) is 0 Å². The Kier molecular flexibility index (Phi) is 5.68. The standard InChI is InChI=1S/C15H16F2N2O3S2/c1-9(2)14(19-24(21,22)13-4-3-7-23-13)15(20)18-10-5-6-11(16)12(17)8-10/h3-9,14,19H,1-2H3,(H,18,20). The van der Waals surface area contributed by atoms with Gasteiger partial charge in [0.15, 0.2) is 11.6 Å². The topological polar surface area (TPSA) is 75.3 Å². The first-order chi connectivity index (χ1) is 11.2. The van der Waals surface area contributed by atoms with Crippen LogP contribution in [0.4, 0.5) is 14.5 Å². The normalized spacial score (nSPS) is 13.0. The Bertz CT molecular complexity index is 821. The van der Waals surface area contributed by atoms with E-state index in [1.54, 1.807) is 25.3 Å². The van der Waals surface area contributed by atoms with E-state index in [-0.39, 0.29) is 15.8 Å². The molecule has 0 saturated heterocycles. The van der Waals surface area contributed by atoms with E-state index < -0.39 is 33.6 Å². The summed E-state index contributed by atoms with van der Waals surface area (Å²) >= 11 is 1.03. The Balaban J connectivity index is 2.18. The second kappa shape index (κ2) is 7.37. The number of carbonyl (C=O) groups is 1. The van der Waals surface area contributed by atoms with Crippen LogP contribution in [0.2, 0.25) is 0 Å². The van der Waals surface area contributed by atoms with Crippen LogP contribution < -0.4 is 10.0 Å². The van der Waals surface area contributed by atoms with Gasteiger partial charge in [0.05, 0.1) is 0 Å². The minimum atomic E-state index is -3.84. The molecule has 0 aliphatic rings. The predicted octanol–water partition coefficient (Wildman–Crippen LogP) is 2.97. The molecule has 1 heterocycles. The highest BCUT2D eigenvalue weighted by Gasteiger charge is 2.29. The highest BCUT2D eigenvalue weighted by atomic mass is 32.2. The molecule has 0 aliphatic heterocycles. The predicted molar refractivity (Wildman–Crippen MR) is 88.3 cm³/mol. The smallest absolute Gasteiger partial charge is 0.250 e. The molecule has 24 heavy (non-hydrogen) atoms. The summed E-state index contributed by atoms with van der Waals surface area (Å²) in [6.45, 7) is 3.35. The largest absolute Gasteiger partial charge is 0.325 e. The maximum atomic E-state index is 13.2. The van der Waals surface area contributed by atoms with E-state index >= 15 is 0 Å². The van der Waals surface area contributed by atoms with Crippen molar-refractivity contribution >= 4 is 33.0 Å². The van der Waals surface area contributed by atoms with Gasteiger partial charge in [-0.1, -0.05) is 19.9 Å². The fourth-order valence-corrected chi connectivity index (χ4v) is 4.28. The first-order valence-corrected chi connectivity index (χ1v) is 9.39. The lowest BCUT2D eigenvalue weighted by atomic mass is 10.0. The molecule has 0 bridgehead atoms. The molecule has 1 unspecified atom stereocenters. The van der Waals surface area contributed by atoms with Crippen LogP contribution in [0.15, 0.2) is 39.9 Å². The minimum absolute atomic E-state index is 0.0415. The van der Waals surface area contributed by atoms with Crippen LogP contribution in [-0.4, -0.2) is 20.4 Å². The molecule has 2 aromatic rings. The number of nitrogens with one attached hydrogen (secondary N) is 2.